The van der Waals surface area contributed by atoms with Crippen molar-refractivity contribution in [3.63, 3.8) is 0 Å². The quantitative estimate of drug-likeness (QED) is 0.594. The molecule has 0 bridgehead atoms. The van der Waals surface area contributed by atoms with Crippen molar-refractivity contribution in [3.05, 3.63) is 59.2 Å². The van der Waals surface area contributed by atoms with Gasteiger partial charge in [0.25, 0.3) is 0 Å². The van der Waals surface area contributed by atoms with Crippen LogP contribution in [-0.4, -0.2) is 7.85 Å². The molecular weight excluding hydrogens is 275 g/mol. The highest BCUT2D eigenvalue weighted by atomic mass is 14.3. The van der Waals surface area contributed by atoms with Crippen molar-refractivity contribution in [3.8, 4) is 11.1 Å². The standard InChI is InChI=1S/C22H29B/c1-15(2)20-18(21(3,4)5)13-17(14-19(20)22(6,7)23)16-11-9-8-10-12-16/h8-15H,1-7H3. The summed E-state index contributed by atoms with van der Waals surface area (Å²) in [7, 11) is 6.55. The second-order valence-electron chi connectivity index (χ2n) is 8.48. The first-order chi connectivity index (χ1) is 10.5. The van der Waals surface area contributed by atoms with E-state index >= 15 is 0 Å². The Morgan fingerprint density at radius 3 is 1.74 bits per heavy atom. The molecule has 0 aliphatic carbocycles. The Balaban J connectivity index is 2.84. The van der Waals surface area contributed by atoms with Gasteiger partial charge in [-0.05, 0) is 44.5 Å². The molecule has 0 unspecified atom stereocenters. The molecule has 2 radical (unpaired) electrons. The van der Waals surface area contributed by atoms with Crippen molar-refractivity contribution >= 4 is 7.85 Å². The molecule has 0 amide bonds. The second kappa shape index (κ2) is 6.19. The first kappa shape index (κ1) is 17.9. The van der Waals surface area contributed by atoms with Crippen LogP contribution in [0, 0.1) is 0 Å². The molecule has 2 rings (SSSR count). The molecule has 120 valence electrons. The molecule has 0 saturated heterocycles. The molecule has 0 fully saturated rings. The first-order valence-corrected chi connectivity index (χ1v) is 8.55. The maximum Gasteiger partial charge on any atom is 0.0803 e. The molecule has 2 aromatic rings. The number of hydrogen-bond donors (Lipinski definition) is 0. The zero-order chi connectivity index (χ0) is 17.4. The predicted molar refractivity (Wildman–Crippen MR) is 103 cm³/mol. The normalized spacial score (nSPS) is 12.7. The molecule has 1 heteroatoms. The third-order valence-electron chi connectivity index (χ3n) is 4.37. The van der Waals surface area contributed by atoms with Gasteiger partial charge in [0, 0.05) is 0 Å². The van der Waals surface area contributed by atoms with Crippen molar-refractivity contribution in [1.82, 2.24) is 0 Å². The lowest BCUT2D eigenvalue weighted by atomic mass is 9.62. The van der Waals surface area contributed by atoms with E-state index in [0.717, 1.165) is 0 Å². The fraction of sp³-hybridized carbons (Fsp3) is 0.455. The lowest BCUT2D eigenvalue weighted by Gasteiger charge is -2.33. The maximum atomic E-state index is 6.55. The van der Waals surface area contributed by atoms with E-state index in [-0.39, 0.29) is 10.7 Å². The SMILES string of the molecule is [B]C(C)(C)c1cc(-c2ccccc2)cc(C(C)(C)C)c1C(C)C. The summed E-state index contributed by atoms with van der Waals surface area (Å²) < 4.78 is 0. The Morgan fingerprint density at radius 1 is 0.783 bits per heavy atom. The number of rotatable bonds is 3. The Bertz CT molecular complexity index is 632. The van der Waals surface area contributed by atoms with E-state index in [1.54, 1.807) is 0 Å². The molecule has 0 nitrogen and oxygen atoms in total. The van der Waals surface area contributed by atoms with Crippen LogP contribution in [0.3, 0.4) is 0 Å². The van der Waals surface area contributed by atoms with Crippen LogP contribution in [0.5, 0.6) is 0 Å². The van der Waals surface area contributed by atoms with Gasteiger partial charge < -0.3 is 0 Å². The van der Waals surface area contributed by atoms with Crippen LogP contribution in [0.2, 0.25) is 0 Å². The van der Waals surface area contributed by atoms with Gasteiger partial charge in [0.15, 0.2) is 0 Å². The predicted octanol–water partition coefficient (Wildman–Crippen LogP) is 6.18. The van der Waals surface area contributed by atoms with Crippen LogP contribution in [-0.2, 0) is 10.7 Å². The second-order valence-corrected chi connectivity index (χ2v) is 8.48. The summed E-state index contributed by atoms with van der Waals surface area (Å²) in [5.74, 6) is 0.451. The van der Waals surface area contributed by atoms with E-state index in [4.69, 9.17) is 7.85 Å². The van der Waals surface area contributed by atoms with Crippen LogP contribution in [0.25, 0.3) is 11.1 Å². The molecule has 23 heavy (non-hydrogen) atoms. The minimum absolute atomic E-state index is 0.0877. The van der Waals surface area contributed by atoms with E-state index in [1.165, 1.54) is 27.8 Å². The van der Waals surface area contributed by atoms with Gasteiger partial charge in [-0.1, -0.05) is 90.9 Å². The summed E-state index contributed by atoms with van der Waals surface area (Å²) in [6.45, 7) is 15.6. The van der Waals surface area contributed by atoms with Crippen LogP contribution < -0.4 is 0 Å². The molecule has 0 aliphatic rings. The van der Waals surface area contributed by atoms with Gasteiger partial charge in [0.05, 0.1) is 7.85 Å². The summed E-state index contributed by atoms with van der Waals surface area (Å²) in [6.07, 6.45) is 0. The minimum atomic E-state index is -0.357. The molecular formula is C22H29B. The average molecular weight is 304 g/mol. The van der Waals surface area contributed by atoms with Crippen molar-refractivity contribution in [2.45, 2.75) is 65.1 Å². The topological polar surface area (TPSA) is 0 Å². The fourth-order valence-corrected chi connectivity index (χ4v) is 3.23. The molecule has 0 spiro atoms. The van der Waals surface area contributed by atoms with E-state index in [9.17, 15) is 0 Å². The monoisotopic (exact) mass is 304 g/mol. The van der Waals surface area contributed by atoms with Crippen LogP contribution in [0.1, 0.15) is 71.1 Å². The third-order valence-corrected chi connectivity index (χ3v) is 4.37. The fourth-order valence-electron chi connectivity index (χ4n) is 3.23. The lowest BCUT2D eigenvalue weighted by Crippen LogP contribution is -2.24. The van der Waals surface area contributed by atoms with Crippen molar-refractivity contribution in [1.29, 1.82) is 0 Å². The van der Waals surface area contributed by atoms with Crippen molar-refractivity contribution in [2.75, 3.05) is 0 Å². The summed E-state index contributed by atoms with van der Waals surface area (Å²) in [6, 6.07) is 15.2. The molecule has 0 atom stereocenters. The molecule has 0 N–H and O–H groups in total. The lowest BCUT2D eigenvalue weighted by molar-refractivity contribution is 0.571. The number of hydrogen-bond acceptors (Lipinski definition) is 0. The molecule has 0 heterocycles. The van der Waals surface area contributed by atoms with Gasteiger partial charge in [-0.25, -0.2) is 0 Å². The van der Waals surface area contributed by atoms with Gasteiger partial charge in [0.1, 0.15) is 0 Å². The summed E-state index contributed by atoms with van der Waals surface area (Å²) in [5, 5.41) is -0.357. The zero-order valence-corrected chi connectivity index (χ0v) is 15.7. The zero-order valence-electron chi connectivity index (χ0n) is 15.7. The van der Waals surface area contributed by atoms with Crippen molar-refractivity contribution < 1.29 is 0 Å². The van der Waals surface area contributed by atoms with Crippen molar-refractivity contribution in [2.24, 2.45) is 0 Å². The minimum Gasteiger partial charge on any atom is -0.0639 e. The smallest absolute Gasteiger partial charge is 0.0639 e. The van der Waals surface area contributed by atoms with Crippen LogP contribution >= 0.6 is 0 Å². The molecule has 0 aromatic heterocycles. The first-order valence-electron chi connectivity index (χ1n) is 8.55. The average Bonchev–Trinajstić information content (AvgIpc) is 2.45. The number of benzene rings is 2. The summed E-state index contributed by atoms with van der Waals surface area (Å²) in [4.78, 5) is 0. The van der Waals surface area contributed by atoms with E-state index in [2.05, 4.69) is 90.9 Å². The van der Waals surface area contributed by atoms with Gasteiger partial charge in [-0.3, -0.25) is 0 Å². The molecule has 2 aromatic carbocycles. The third kappa shape index (κ3) is 3.89. The maximum absolute atomic E-state index is 6.55. The van der Waals surface area contributed by atoms with Gasteiger partial charge in [0.2, 0.25) is 0 Å². The summed E-state index contributed by atoms with van der Waals surface area (Å²) >= 11 is 0. The van der Waals surface area contributed by atoms with E-state index < -0.39 is 0 Å². The highest BCUT2D eigenvalue weighted by Crippen LogP contribution is 2.40. The van der Waals surface area contributed by atoms with Gasteiger partial charge in [-0.2, -0.15) is 0 Å². The Labute approximate surface area is 143 Å². The van der Waals surface area contributed by atoms with Gasteiger partial charge in [-0.15, -0.1) is 0 Å². The Kier molecular flexibility index (Phi) is 4.80. The van der Waals surface area contributed by atoms with Crippen LogP contribution in [0.15, 0.2) is 42.5 Å². The largest absolute Gasteiger partial charge is 0.0803 e. The highest BCUT2D eigenvalue weighted by molar-refractivity contribution is 6.15. The Morgan fingerprint density at radius 2 is 1.30 bits per heavy atom. The van der Waals surface area contributed by atoms with E-state index in [0.29, 0.717) is 5.92 Å². The summed E-state index contributed by atoms with van der Waals surface area (Å²) in [5.41, 5.74) is 6.67. The van der Waals surface area contributed by atoms with E-state index in [1.807, 2.05) is 0 Å². The highest BCUT2D eigenvalue weighted by Gasteiger charge is 2.27. The molecule has 0 aliphatic heterocycles. The van der Waals surface area contributed by atoms with Crippen LogP contribution in [0.4, 0.5) is 0 Å². The van der Waals surface area contributed by atoms with Gasteiger partial charge >= 0.3 is 0 Å². The molecule has 0 saturated carbocycles. The Hall–Kier alpha value is -1.50.